The number of anilines is 2. The van der Waals surface area contributed by atoms with Gasteiger partial charge in [-0.05, 0) is 66.2 Å². The maximum Gasteiger partial charge on any atom is 0.337 e. The Kier molecular flexibility index (Phi) is 7.05. The Morgan fingerprint density at radius 1 is 0.944 bits per heavy atom. The van der Waals surface area contributed by atoms with Crippen molar-refractivity contribution in [3.05, 3.63) is 95.6 Å². The van der Waals surface area contributed by atoms with Crippen LogP contribution in [0.4, 0.5) is 25.0 Å². The maximum absolute atomic E-state index is 13.7. The van der Waals surface area contributed by atoms with E-state index in [4.69, 9.17) is 0 Å². The van der Waals surface area contributed by atoms with Gasteiger partial charge in [0.05, 0.1) is 24.8 Å². The second kappa shape index (κ2) is 10.3. The van der Waals surface area contributed by atoms with E-state index in [0.29, 0.717) is 16.8 Å². The fraction of sp³-hybridized carbons (Fsp3) is 0.154. The van der Waals surface area contributed by atoms with Gasteiger partial charge in [0.2, 0.25) is 5.91 Å². The minimum Gasteiger partial charge on any atom is -0.465 e. The summed E-state index contributed by atoms with van der Waals surface area (Å²) >= 11 is 0. The van der Waals surface area contributed by atoms with Gasteiger partial charge in [0.15, 0.2) is 0 Å². The molecule has 0 saturated carbocycles. The Morgan fingerprint density at radius 2 is 1.64 bits per heavy atom. The highest BCUT2D eigenvalue weighted by molar-refractivity contribution is 6.22. The number of amides is 4. The van der Waals surface area contributed by atoms with Crippen molar-refractivity contribution >= 4 is 35.2 Å². The zero-order valence-electron chi connectivity index (χ0n) is 19.1. The summed E-state index contributed by atoms with van der Waals surface area (Å²) in [5.74, 6) is -2.80. The number of nitrogens with one attached hydrogen (secondary N) is 1. The van der Waals surface area contributed by atoms with Crippen molar-refractivity contribution in [3.63, 3.8) is 0 Å². The topological polar surface area (TPSA) is 96.0 Å². The van der Waals surface area contributed by atoms with Crippen molar-refractivity contribution < 1.29 is 32.7 Å². The summed E-state index contributed by atoms with van der Waals surface area (Å²) in [6, 6.07) is 14.4. The van der Waals surface area contributed by atoms with Crippen LogP contribution in [0.2, 0.25) is 0 Å². The van der Waals surface area contributed by atoms with Crippen LogP contribution in [-0.4, -0.2) is 41.9 Å². The second-order valence-electron chi connectivity index (χ2n) is 8.03. The number of hydrogen-bond donors (Lipinski definition) is 1. The molecule has 1 heterocycles. The van der Waals surface area contributed by atoms with E-state index in [9.17, 15) is 28.0 Å². The first-order valence-electron chi connectivity index (χ1n) is 10.9. The summed E-state index contributed by atoms with van der Waals surface area (Å²) in [5, 5.41) is 2.63. The number of carbonyl (C=O) groups is 4. The molecule has 1 fully saturated rings. The number of imide groups is 1. The average molecular weight is 493 g/mol. The lowest BCUT2D eigenvalue weighted by Gasteiger charge is -2.21. The molecule has 3 aromatic rings. The van der Waals surface area contributed by atoms with Gasteiger partial charge in [-0.15, -0.1) is 0 Å². The van der Waals surface area contributed by atoms with E-state index in [1.54, 1.807) is 6.07 Å². The molecule has 10 heteroatoms. The number of rotatable bonds is 7. The van der Waals surface area contributed by atoms with Crippen molar-refractivity contribution in [2.24, 2.45) is 0 Å². The summed E-state index contributed by atoms with van der Waals surface area (Å²) in [4.78, 5) is 53.0. The zero-order valence-corrected chi connectivity index (χ0v) is 19.1. The number of hydrogen-bond acceptors (Lipinski definition) is 5. The molecule has 0 aromatic heterocycles. The van der Waals surface area contributed by atoms with Crippen LogP contribution in [0.5, 0.6) is 0 Å². The molecule has 4 amide bonds. The SMILES string of the molecule is COC(=O)c1ccc(NC(=O)CC2C(=O)N(c3ccc(F)cc3)C(=O)N2Cc2cccc(F)c2)cc1. The van der Waals surface area contributed by atoms with Crippen LogP contribution in [-0.2, 0) is 20.9 Å². The van der Waals surface area contributed by atoms with Gasteiger partial charge in [-0.3, -0.25) is 9.59 Å². The van der Waals surface area contributed by atoms with Gasteiger partial charge in [-0.25, -0.2) is 23.3 Å². The summed E-state index contributed by atoms with van der Waals surface area (Å²) in [6.07, 6.45) is -0.379. The van der Waals surface area contributed by atoms with Crippen LogP contribution in [0.3, 0.4) is 0 Å². The maximum atomic E-state index is 13.7. The third-order valence-electron chi connectivity index (χ3n) is 5.61. The predicted molar refractivity (Wildman–Crippen MR) is 126 cm³/mol. The van der Waals surface area contributed by atoms with Gasteiger partial charge in [0, 0.05) is 12.2 Å². The van der Waals surface area contributed by atoms with E-state index in [1.165, 1.54) is 66.6 Å². The Balaban J connectivity index is 1.56. The lowest BCUT2D eigenvalue weighted by molar-refractivity contribution is -0.124. The molecule has 0 bridgehead atoms. The minimum absolute atomic E-state index is 0.119. The molecular formula is C26H21F2N3O5. The van der Waals surface area contributed by atoms with E-state index < -0.39 is 41.5 Å². The molecule has 1 unspecified atom stereocenters. The predicted octanol–water partition coefficient (Wildman–Crippen LogP) is 4.12. The molecule has 36 heavy (non-hydrogen) atoms. The summed E-state index contributed by atoms with van der Waals surface area (Å²) in [7, 11) is 1.25. The van der Waals surface area contributed by atoms with Crippen molar-refractivity contribution in [2.75, 3.05) is 17.3 Å². The molecule has 8 nitrogen and oxygen atoms in total. The fourth-order valence-electron chi connectivity index (χ4n) is 3.87. The lowest BCUT2D eigenvalue weighted by Crippen LogP contribution is -2.37. The van der Waals surface area contributed by atoms with E-state index in [0.717, 1.165) is 17.0 Å². The van der Waals surface area contributed by atoms with Crippen LogP contribution < -0.4 is 10.2 Å². The first-order chi connectivity index (χ1) is 17.3. The summed E-state index contributed by atoms with van der Waals surface area (Å²) < 4.78 is 31.8. The Bertz CT molecular complexity index is 1310. The number of esters is 1. The van der Waals surface area contributed by atoms with Crippen LogP contribution >= 0.6 is 0 Å². The highest BCUT2D eigenvalue weighted by Crippen LogP contribution is 2.29. The fourth-order valence-corrected chi connectivity index (χ4v) is 3.87. The van der Waals surface area contributed by atoms with E-state index >= 15 is 0 Å². The monoisotopic (exact) mass is 493 g/mol. The van der Waals surface area contributed by atoms with Gasteiger partial charge >= 0.3 is 12.0 Å². The Hall–Kier alpha value is -4.60. The molecule has 1 saturated heterocycles. The molecule has 1 N–H and O–H groups in total. The average Bonchev–Trinajstić information content (AvgIpc) is 3.08. The quantitative estimate of drug-likeness (QED) is 0.395. The summed E-state index contributed by atoms with van der Waals surface area (Å²) in [6.45, 7) is -0.119. The van der Waals surface area contributed by atoms with E-state index in [2.05, 4.69) is 10.1 Å². The summed E-state index contributed by atoms with van der Waals surface area (Å²) in [5.41, 5.74) is 1.25. The largest absolute Gasteiger partial charge is 0.465 e. The smallest absolute Gasteiger partial charge is 0.337 e. The van der Waals surface area contributed by atoms with Crippen LogP contribution in [0.1, 0.15) is 22.3 Å². The van der Waals surface area contributed by atoms with Crippen LogP contribution in [0.15, 0.2) is 72.8 Å². The highest BCUT2D eigenvalue weighted by atomic mass is 19.1. The zero-order chi connectivity index (χ0) is 25.8. The van der Waals surface area contributed by atoms with Gasteiger partial charge in [-0.2, -0.15) is 0 Å². The van der Waals surface area contributed by atoms with Crippen molar-refractivity contribution in [1.29, 1.82) is 0 Å². The molecule has 0 spiro atoms. The number of carbonyl (C=O) groups excluding carboxylic acids is 4. The van der Waals surface area contributed by atoms with Crippen molar-refractivity contribution in [1.82, 2.24) is 4.90 Å². The molecule has 3 aromatic carbocycles. The molecular weight excluding hydrogens is 472 g/mol. The van der Waals surface area contributed by atoms with E-state index in [1.807, 2.05) is 0 Å². The van der Waals surface area contributed by atoms with Gasteiger partial charge in [-0.1, -0.05) is 12.1 Å². The number of urea groups is 1. The van der Waals surface area contributed by atoms with Gasteiger partial charge < -0.3 is 15.0 Å². The standard InChI is InChI=1S/C26H21F2N3O5/c1-36-25(34)17-5-9-20(10-6-17)29-23(32)14-22-24(33)31(21-11-7-18(27)8-12-21)26(35)30(22)15-16-3-2-4-19(28)13-16/h2-13,22H,14-15H2,1H3,(H,29,32). The molecule has 0 aliphatic carbocycles. The van der Waals surface area contributed by atoms with Crippen LogP contribution in [0.25, 0.3) is 0 Å². The van der Waals surface area contributed by atoms with Crippen LogP contribution in [0, 0.1) is 11.6 Å². The number of methoxy groups -OCH3 is 1. The molecule has 1 atom stereocenters. The first kappa shape index (κ1) is 24.5. The molecule has 184 valence electrons. The molecule has 1 aliphatic heterocycles. The van der Waals surface area contributed by atoms with Crippen molar-refractivity contribution in [3.8, 4) is 0 Å². The third-order valence-corrected chi connectivity index (χ3v) is 5.61. The number of benzene rings is 3. The Morgan fingerprint density at radius 3 is 2.28 bits per heavy atom. The van der Waals surface area contributed by atoms with Gasteiger partial charge in [0.25, 0.3) is 5.91 Å². The Labute approximate surface area is 205 Å². The highest BCUT2D eigenvalue weighted by Gasteiger charge is 2.46. The number of halogens is 2. The third kappa shape index (κ3) is 5.22. The molecule has 0 radical (unpaired) electrons. The second-order valence-corrected chi connectivity index (χ2v) is 8.03. The minimum atomic E-state index is -1.18. The van der Waals surface area contributed by atoms with E-state index in [-0.39, 0.29) is 18.7 Å². The normalized spacial score (nSPS) is 15.2. The number of ether oxygens (including phenoxy) is 1. The molecule has 4 rings (SSSR count). The van der Waals surface area contributed by atoms with Crippen molar-refractivity contribution in [2.45, 2.75) is 19.0 Å². The van der Waals surface area contributed by atoms with Gasteiger partial charge in [0.1, 0.15) is 17.7 Å². The number of nitrogens with zero attached hydrogens (tertiary/aromatic N) is 2. The molecule has 1 aliphatic rings. The lowest BCUT2D eigenvalue weighted by atomic mass is 10.1. The first-order valence-corrected chi connectivity index (χ1v) is 10.9.